The number of carbonyl (C=O) groups excluding carboxylic acids is 1. The summed E-state index contributed by atoms with van der Waals surface area (Å²) in [5.41, 5.74) is 0.988. The van der Waals surface area contributed by atoms with E-state index in [1.807, 2.05) is 0 Å². The number of hydrogen-bond acceptors (Lipinski definition) is 3. The number of nitrogens with zero attached hydrogens (tertiary/aromatic N) is 1. The highest BCUT2D eigenvalue weighted by atomic mass is 32.1. The van der Waals surface area contributed by atoms with Gasteiger partial charge in [-0.15, -0.1) is 6.58 Å². The van der Waals surface area contributed by atoms with Crippen molar-refractivity contribution >= 4 is 29.0 Å². The zero-order valence-corrected chi connectivity index (χ0v) is 14.8. The number of hydrogen-bond donors (Lipinski definition) is 2. The van der Waals surface area contributed by atoms with Crippen molar-refractivity contribution in [3.8, 4) is 0 Å². The number of nitrogens with one attached hydrogen (secondary N) is 2. The van der Waals surface area contributed by atoms with Gasteiger partial charge in [-0.25, -0.2) is 0 Å². The van der Waals surface area contributed by atoms with Crippen LogP contribution in [0.15, 0.2) is 35.6 Å². The maximum Gasteiger partial charge on any atom is 0.262 e. The highest BCUT2D eigenvalue weighted by Gasteiger charge is 2.42. The number of carbonyl (C=O) groups is 1. The van der Waals surface area contributed by atoms with Gasteiger partial charge in [-0.1, -0.05) is 6.08 Å². The Balaban J connectivity index is 1.65. The highest BCUT2D eigenvalue weighted by Crippen LogP contribution is 2.44. The third kappa shape index (κ3) is 3.18. The summed E-state index contributed by atoms with van der Waals surface area (Å²) in [5.74, 6) is 1.22. The molecule has 2 fully saturated rings. The zero-order chi connectivity index (χ0) is 17.6. The van der Waals surface area contributed by atoms with Crippen molar-refractivity contribution in [2.75, 3.05) is 0 Å². The summed E-state index contributed by atoms with van der Waals surface area (Å²) in [4.78, 5) is 28.2. The molecule has 1 aromatic heterocycles. The molecule has 0 unspecified atom stereocenters. The molecule has 1 amide bonds. The Morgan fingerprint density at radius 1 is 1.36 bits per heavy atom. The fourth-order valence-electron chi connectivity index (χ4n) is 3.46. The molecule has 1 aromatic carbocycles. The van der Waals surface area contributed by atoms with Crippen LogP contribution in [0.2, 0.25) is 0 Å². The van der Waals surface area contributed by atoms with Crippen LogP contribution in [0.3, 0.4) is 0 Å². The van der Waals surface area contributed by atoms with Gasteiger partial charge in [-0.2, -0.15) is 0 Å². The molecule has 1 heterocycles. The zero-order valence-electron chi connectivity index (χ0n) is 14.0. The van der Waals surface area contributed by atoms with E-state index >= 15 is 0 Å². The Morgan fingerprint density at radius 3 is 2.64 bits per heavy atom. The summed E-state index contributed by atoms with van der Waals surface area (Å²) in [7, 11) is 0. The molecule has 0 bridgehead atoms. The first-order valence-corrected chi connectivity index (χ1v) is 9.18. The molecule has 6 heteroatoms. The number of allylic oxidation sites excluding steroid dienone is 1. The van der Waals surface area contributed by atoms with E-state index in [2.05, 4.69) is 16.9 Å². The van der Waals surface area contributed by atoms with E-state index in [0.29, 0.717) is 45.7 Å². The lowest BCUT2D eigenvalue weighted by atomic mass is 10.1. The Kier molecular flexibility index (Phi) is 4.07. The number of H-pyrrole nitrogens is 1. The second kappa shape index (κ2) is 6.26. The van der Waals surface area contributed by atoms with Crippen molar-refractivity contribution in [2.45, 2.75) is 38.3 Å². The van der Waals surface area contributed by atoms with Crippen LogP contribution < -0.4 is 10.9 Å². The average molecular weight is 355 g/mol. The summed E-state index contributed by atoms with van der Waals surface area (Å²) >= 11 is 5.26. The first-order chi connectivity index (χ1) is 12.1. The number of aromatic nitrogens is 2. The van der Waals surface area contributed by atoms with Crippen LogP contribution in [-0.4, -0.2) is 21.5 Å². The monoisotopic (exact) mass is 355 g/mol. The fourth-order valence-corrected chi connectivity index (χ4v) is 3.72. The molecule has 0 spiro atoms. The van der Waals surface area contributed by atoms with E-state index in [0.717, 1.165) is 0 Å². The van der Waals surface area contributed by atoms with Gasteiger partial charge in [-0.3, -0.25) is 14.2 Å². The Morgan fingerprint density at radius 2 is 2.04 bits per heavy atom. The standard InChI is InChI=1S/C19H21N3O2S/c1-2-9-22-18(24)14-8-7-13(10-15(14)20-19(22)25)17(23)21-16(11-3-4-11)12-5-6-12/h2,7-8,10-12,16H,1,3-6,9H2,(H,20,25)(H,21,23). The summed E-state index contributed by atoms with van der Waals surface area (Å²) in [6.45, 7) is 4.01. The normalized spacial score (nSPS) is 17.0. The maximum absolute atomic E-state index is 12.7. The summed E-state index contributed by atoms with van der Waals surface area (Å²) in [5, 5.41) is 3.73. The van der Waals surface area contributed by atoms with Crippen molar-refractivity contribution in [1.82, 2.24) is 14.9 Å². The van der Waals surface area contributed by atoms with E-state index < -0.39 is 0 Å². The second-order valence-corrected chi connectivity index (χ2v) is 7.46. The molecule has 2 aromatic rings. The van der Waals surface area contributed by atoms with Crippen molar-refractivity contribution in [3.05, 3.63) is 51.5 Å². The van der Waals surface area contributed by atoms with Crippen molar-refractivity contribution < 1.29 is 4.79 Å². The van der Waals surface area contributed by atoms with Gasteiger partial charge >= 0.3 is 0 Å². The lowest BCUT2D eigenvalue weighted by Gasteiger charge is -2.17. The topological polar surface area (TPSA) is 66.9 Å². The van der Waals surface area contributed by atoms with Crippen LogP contribution >= 0.6 is 12.2 Å². The molecule has 130 valence electrons. The van der Waals surface area contributed by atoms with E-state index in [1.54, 1.807) is 24.3 Å². The molecular formula is C19H21N3O2S. The molecule has 5 nitrogen and oxygen atoms in total. The van der Waals surface area contributed by atoms with E-state index in [4.69, 9.17) is 12.2 Å². The lowest BCUT2D eigenvalue weighted by molar-refractivity contribution is 0.0926. The maximum atomic E-state index is 12.7. The molecule has 25 heavy (non-hydrogen) atoms. The number of benzene rings is 1. The van der Waals surface area contributed by atoms with Gasteiger partial charge in [0.1, 0.15) is 0 Å². The van der Waals surface area contributed by atoms with Gasteiger partial charge < -0.3 is 10.3 Å². The minimum Gasteiger partial charge on any atom is -0.349 e. The first-order valence-electron chi connectivity index (χ1n) is 8.77. The van der Waals surface area contributed by atoms with Crippen LogP contribution in [0.1, 0.15) is 36.0 Å². The number of amides is 1. The number of fused-ring (bicyclic) bond motifs is 1. The summed E-state index contributed by atoms with van der Waals surface area (Å²) in [6.07, 6.45) is 6.50. The average Bonchev–Trinajstić information content (AvgIpc) is 3.48. The molecule has 2 saturated carbocycles. The van der Waals surface area contributed by atoms with Crippen LogP contribution in [0.4, 0.5) is 0 Å². The number of aromatic amines is 1. The molecule has 2 aliphatic rings. The predicted octanol–water partition coefficient (Wildman–Crippen LogP) is 3.16. The first kappa shape index (κ1) is 16.3. The molecule has 0 atom stereocenters. The van der Waals surface area contributed by atoms with Crippen molar-refractivity contribution in [1.29, 1.82) is 0 Å². The van der Waals surface area contributed by atoms with Crippen molar-refractivity contribution in [2.24, 2.45) is 11.8 Å². The molecule has 4 rings (SSSR count). The molecular weight excluding hydrogens is 334 g/mol. The Bertz CT molecular complexity index is 955. The highest BCUT2D eigenvalue weighted by molar-refractivity contribution is 7.71. The van der Waals surface area contributed by atoms with Gasteiger partial charge in [0.2, 0.25) is 0 Å². The Labute approximate surface area is 150 Å². The van der Waals surface area contributed by atoms with Gasteiger partial charge in [0.15, 0.2) is 4.77 Å². The van der Waals surface area contributed by atoms with Gasteiger partial charge in [-0.05, 0) is 67.9 Å². The largest absolute Gasteiger partial charge is 0.349 e. The van der Waals surface area contributed by atoms with Gasteiger partial charge in [0.25, 0.3) is 11.5 Å². The third-order valence-electron chi connectivity index (χ3n) is 5.11. The van der Waals surface area contributed by atoms with Crippen LogP contribution in [0.25, 0.3) is 10.9 Å². The third-order valence-corrected chi connectivity index (χ3v) is 5.44. The van der Waals surface area contributed by atoms with Gasteiger partial charge in [0, 0.05) is 18.2 Å². The minimum atomic E-state index is -0.167. The molecule has 0 radical (unpaired) electrons. The van der Waals surface area contributed by atoms with E-state index in [-0.39, 0.29) is 11.5 Å². The van der Waals surface area contributed by atoms with E-state index in [9.17, 15) is 9.59 Å². The predicted molar refractivity (Wildman–Crippen MR) is 100 cm³/mol. The van der Waals surface area contributed by atoms with Gasteiger partial charge in [0.05, 0.1) is 10.9 Å². The van der Waals surface area contributed by atoms with Crippen molar-refractivity contribution in [3.63, 3.8) is 0 Å². The van der Waals surface area contributed by atoms with Crippen LogP contribution in [0.5, 0.6) is 0 Å². The summed E-state index contributed by atoms with van der Waals surface area (Å²) < 4.78 is 1.80. The fraction of sp³-hybridized carbons (Fsp3) is 0.421. The quantitative estimate of drug-likeness (QED) is 0.618. The molecule has 0 aliphatic heterocycles. The number of rotatable bonds is 6. The van der Waals surface area contributed by atoms with E-state index in [1.165, 1.54) is 30.3 Å². The Hall–Kier alpha value is -2.21. The minimum absolute atomic E-state index is 0.0692. The molecule has 2 aliphatic carbocycles. The summed E-state index contributed by atoms with van der Waals surface area (Å²) in [6, 6.07) is 5.44. The SMILES string of the molecule is C=CCn1c(=S)[nH]c2cc(C(=O)NC(C3CC3)C3CC3)ccc2c1=O. The smallest absolute Gasteiger partial charge is 0.262 e. The van der Waals surface area contributed by atoms with Crippen LogP contribution in [-0.2, 0) is 6.54 Å². The molecule has 0 saturated heterocycles. The lowest BCUT2D eigenvalue weighted by Crippen LogP contribution is -2.38. The second-order valence-electron chi connectivity index (χ2n) is 7.07. The molecule has 2 N–H and O–H groups in total. The van der Waals surface area contributed by atoms with Crippen LogP contribution in [0, 0.1) is 16.6 Å².